The normalized spacial score (nSPS) is 18.9. The Morgan fingerprint density at radius 3 is 2.57 bits per heavy atom. The molecule has 0 aromatic rings. The number of ketones is 1. The molecule has 0 saturated carbocycles. The number of hydrogen-bond acceptors (Lipinski definition) is 2. The first-order chi connectivity index (χ1) is 6.56. The summed E-state index contributed by atoms with van der Waals surface area (Å²) in [7, 11) is 1.76. The second-order valence-corrected chi connectivity index (χ2v) is 3.90. The van der Waals surface area contributed by atoms with Crippen LogP contribution < -0.4 is 0 Å². The van der Waals surface area contributed by atoms with E-state index in [1.165, 1.54) is 0 Å². The van der Waals surface area contributed by atoms with E-state index in [9.17, 15) is 9.59 Å². The average molecular weight is 198 g/mol. The molecule has 1 atom stereocenters. The van der Waals surface area contributed by atoms with Crippen LogP contribution in [0.1, 0.15) is 20.3 Å². The molecule has 1 heterocycles. The zero-order chi connectivity index (χ0) is 10.7. The third-order valence-electron chi connectivity index (χ3n) is 2.81. The Kier molecular flexibility index (Phi) is 3.49. The number of carbonyl (C=O) groups excluding carboxylic acids is 2. The molecular weight excluding hydrogens is 180 g/mol. The van der Waals surface area contributed by atoms with Crippen molar-refractivity contribution in [2.24, 2.45) is 5.92 Å². The van der Waals surface area contributed by atoms with E-state index in [0.29, 0.717) is 6.54 Å². The molecular formula is C10H18N2O2. The van der Waals surface area contributed by atoms with Gasteiger partial charge in [-0.15, -0.1) is 0 Å². The van der Waals surface area contributed by atoms with Gasteiger partial charge in [0.2, 0.25) is 0 Å². The van der Waals surface area contributed by atoms with Gasteiger partial charge in [0.15, 0.2) is 5.78 Å². The van der Waals surface area contributed by atoms with Crippen molar-refractivity contribution in [2.75, 3.05) is 26.7 Å². The van der Waals surface area contributed by atoms with E-state index in [1.807, 2.05) is 13.8 Å². The Morgan fingerprint density at radius 2 is 2.14 bits per heavy atom. The Balaban J connectivity index is 2.45. The van der Waals surface area contributed by atoms with E-state index in [4.69, 9.17) is 0 Å². The van der Waals surface area contributed by atoms with Crippen LogP contribution in [0.2, 0.25) is 0 Å². The van der Waals surface area contributed by atoms with Crippen LogP contribution in [0.15, 0.2) is 0 Å². The SMILES string of the molecule is CCC(C)C(=O)CN1CCN(C)C1=O. The molecule has 4 nitrogen and oxygen atoms in total. The number of rotatable bonds is 4. The van der Waals surface area contributed by atoms with Crippen LogP contribution in [0, 0.1) is 5.92 Å². The van der Waals surface area contributed by atoms with Gasteiger partial charge >= 0.3 is 6.03 Å². The van der Waals surface area contributed by atoms with E-state index in [0.717, 1.165) is 13.0 Å². The van der Waals surface area contributed by atoms with Crippen molar-refractivity contribution in [3.8, 4) is 0 Å². The summed E-state index contributed by atoms with van der Waals surface area (Å²) in [5, 5.41) is 0. The van der Waals surface area contributed by atoms with Gasteiger partial charge in [-0.1, -0.05) is 13.8 Å². The van der Waals surface area contributed by atoms with Crippen LogP contribution in [-0.2, 0) is 4.79 Å². The number of urea groups is 1. The molecule has 1 fully saturated rings. The van der Waals surface area contributed by atoms with E-state index in [-0.39, 0.29) is 24.3 Å². The Hall–Kier alpha value is -1.06. The summed E-state index contributed by atoms with van der Waals surface area (Å²) in [6.45, 7) is 5.58. The van der Waals surface area contributed by atoms with Gasteiger partial charge in [0.05, 0.1) is 6.54 Å². The van der Waals surface area contributed by atoms with Crippen molar-refractivity contribution in [1.29, 1.82) is 0 Å². The van der Waals surface area contributed by atoms with Gasteiger partial charge in [-0.25, -0.2) is 4.79 Å². The van der Waals surface area contributed by atoms with Crippen molar-refractivity contribution in [3.05, 3.63) is 0 Å². The van der Waals surface area contributed by atoms with Gasteiger partial charge in [-0.05, 0) is 6.42 Å². The number of nitrogens with zero attached hydrogens (tertiary/aromatic N) is 2. The number of Topliss-reactive ketones (excluding diaryl/α,β-unsaturated/α-hetero) is 1. The van der Waals surface area contributed by atoms with E-state index >= 15 is 0 Å². The van der Waals surface area contributed by atoms with Crippen LogP contribution in [0.3, 0.4) is 0 Å². The van der Waals surface area contributed by atoms with Crippen molar-refractivity contribution in [2.45, 2.75) is 20.3 Å². The molecule has 1 unspecified atom stereocenters. The van der Waals surface area contributed by atoms with Crippen LogP contribution in [-0.4, -0.2) is 48.3 Å². The lowest BCUT2D eigenvalue weighted by Crippen LogP contribution is -2.35. The third kappa shape index (κ3) is 2.25. The van der Waals surface area contributed by atoms with Crippen molar-refractivity contribution >= 4 is 11.8 Å². The summed E-state index contributed by atoms with van der Waals surface area (Å²) < 4.78 is 0. The van der Waals surface area contributed by atoms with Crippen molar-refractivity contribution in [3.63, 3.8) is 0 Å². The molecule has 0 radical (unpaired) electrons. The van der Waals surface area contributed by atoms with E-state index in [2.05, 4.69) is 0 Å². The molecule has 1 aliphatic rings. The molecule has 1 aliphatic heterocycles. The summed E-state index contributed by atoms with van der Waals surface area (Å²) in [6, 6.07) is -0.0262. The van der Waals surface area contributed by atoms with Crippen LogP contribution >= 0.6 is 0 Å². The van der Waals surface area contributed by atoms with Gasteiger partial charge in [0.25, 0.3) is 0 Å². The minimum atomic E-state index is -0.0262. The molecule has 1 rings (SSSR count). The zero-order valence-corrected chi connectivity index (χ0v) is 9.12. The first-order valence-electron chi connectivity index (χ1n) is 5.09. The predicted octanol–water partition coefficient (Wildman–Crippen LogP) is 0.969. The first-order valence-corrected chi connectivity index (χ1v) is 5.09. The third-order valence-corrected chi connectivity index (χ3v) is 2.81. The second kappa shape index (κ2) is 4.44. The molecule has 0 aliphatic carbocycles. The van der Waals surface area contributed by atoms with Gasteiger partial charge in [-0.3, -0.25) is 4.79 Å². The standard InChI is InChI=1S/C10H18N2O2/c1-4-8(2)9(13)7-12-6-5-11(3)10(12)14/h8H,4-7H2,1-3H3. The summed E-state index contributed by atoms with van der Waals surface area (Å²) in [4.78, 5) is 26.3. The van der Waals surface area contributed by atoms with Gasteiger partial charge < -0.3 is 9.80 Å². The van der Waals surface area contributed by atoms with Crippen molar-refractivity contribution < 1.29 is 9.59 Å². The number of likely N-dealkylation sites (N-methyl/N-ethyl adjacent to an activating group) is 1. The van der Waals surface area contributed by atoms with E-state index in [1.54, 1.807) is 16.8 Å². The zero-order valence-electron chi connectivity index (χ0n) is 9.12. The Labute approximate surface area is 84.9 Å². The highest BCUT2D eigenvalue weighted by atomic mass is 16.2. The highest BCUT2D eigenvalue weighted by molar-refractivity contribution is 5.87. The fraction of sp³-hybridized carbons (Fsp3) is 0.800. The second-order valence-electron chi connectivity index (χ2n) is 3.90. The minimum Gasteiger partial charge on any atom is -0.326 e. The number of amides is 2. The highest BCUT2D eigenvalue weighted by Crippen LogP contribution is 2.09. The Morgan fingerprint density at radius 1 is 1.50 bits per heavy atom. The van der Waals surface area contributed by atoms with Crippen LogP contribution in [0.5, 0.6) is 0 Å². The van der Waals surface area contributed by atoms with Gasteiger partial charge in [0.1, 0.15) is 0 Å². The minimum absolute atomic E-state index is 0.0262. The summed E-state index contributed by atoms with van der Waals surface area (Å²) in [5.74, 6) is 0.227. The average Bonchev–Trinajstić information content (AvgIpc) is 2.48. The predicted molar refractivity (Wildman–Crippen MR) is 54.1 cm³/mol. The number of hydrogen-bond donors (Lipinski definition) is 0. The van der Waals surface area contributed by atoms with Gasteiger partial charge in [-0.2, -0.15) is 0 Å². The lowest BCUT2D eigenvalue weighted by atomic mass is 10.0. The summed E-state index contributed by atoms with van der Waals surface area (Å²) in [6.07, 6.45) is 0.844. The highest BCUT2D eigenvalue weighted by Gasteiger charge is 2.27. The maximum atomic E-state index is 11.6. The maximum Gasteiger partial charge on any atom is 0.320 e. The molecule has 1 saturated heterocycles. The quantitative estimate of drug-likeness (QED) is 0.675. The molecule has 80 valence electrons. The maximum absolute atomic E-state index is 11.6. The molecule has 0 spiro atoms. The molecule has 14 heavy (non-hydrogen) atoms. The monoisotopic (exact) mass is 198 g/mol. The van der Waals surface area contributed by atoms with Crippen LogP contribution in [0.25, 0.3) is 0 Å². The molecule has 0 bridgehead atoms. The summed E-state index contributed by atoms with van der Waals surface area (Å²) >= 11 is 0. The lowest BCUT2D eigenvalue weighted by Gasteiger charge is -2.16. The van der Waals surface area contributed by atoms with E-state index < -0.39 is 0 Å². The topological polar surface area (TPSA) is 40.6 Å². The fourth-order valence-corrected chi connectivity index (χ4v) is 1.42. The molecule has 4 heteroatoms. The molecule has 0 aromatic carbocycles. The first kappa shape index (κ1) is 11.0. The van der Waals surface area contributed by atoms with Gasteiger partial charge in [0, 0.05) is 26.1 Å². The smallest absolute Gasteiger partial charge is 0.320 e. The van der Waals surface area contributed by atoms with Crippen molar-refractivity contribution in [1.82, 2.24) is 9.80 Å². The molecule has 0 aromatic heterocycles. The summed E-state index contributed by atoms with van der Waals surface area (Å²) in [5.41, 5.74) is 0. The lowest BCUT2D eigenvalue weighted by molar-refractivity contribution is -0.122. The largest absolute Gasteiger partial charge is 0.326 e. The Bertz CT molecular complexity index is 240. The molecule has 0 N–H and O–H groups in total. The number of carbonyl (C=O) groups is 2. The van der Waals surface area contributed by atoms with Crippen LogP contribution in [0.4, 0.5) is 4.79 Å². The molecule has 2 amide bonds. The fourth-order valence-electron chi connectivity index (χ4n) is 1.42.